The molecule has 3 amide bonds. The third-order valence-corrected chi connectivity index (χ3v) is 17.6. The first-order chi connectivity index (χ1) is 34.7. The Morgan fingerprint density at radius 1 is 0.918 bits per heavy atom. The van der Waals surface area contributed by atoms with Crippen LogP contribution in [0.25, 0.3) is 16.6 Å². The molecule has 1 aromatic heterocycles. The SMILES string of the molecule is COc1ccc([C@]2(CCN(Cc3ccc(C4=CC[C@H](C(=O)N5CCC6(CCc7ccc8c9c7N(CCn9c(=O)n8C7CCC(=O)NC7=O)C6)CC5)CC4)c(F)c3)CC(C)(C)C(F)(F)F)CCOC(C)(C)C2)cc1. The van der Waals surface area contributed by atoms with Crippen LogP contribution in [-0.2, 0) is 44.0 Å². The van der Waals surface area contributed by atoms with Gasteiger partial charge in [0.15, 0.2) is 0 Å². The summed E-state index contributed by atoms with van der Waals surface area (Å²) in [6.45, 7) is 10.7. The molecule has 12 nitrogen and oxygen atoms in total. The van der Waals surface area contributed by atoms with Crippen LogP contribution < -0.4 is 20.6 Å². The van der Waals surface area contributed by atoms with Crippen LogP contribution in [0.2, 0.25) is 0 Å². The highest BCUT2D eigenvalue weighted by Crippen LogP contribution is 2.48. The number of hydrogen-bond acceptors (Lipinski definition) is 8. The zero-order valence-corrected chi connectivity index (χ0v) is 43.0. The fourth-order valence-corrected chi connectivity index (χ4v) is 13.4. The summed E-state index contributed by atoms with van der Waals surface area (Å²) < 4.78 is 74.5. The fourth-order valence-electron chi connectivity index (χ4n) is 13.4. The van der Waals surface area contributed by atoms with Gasteiger partial charge in [-0.2, -0.15) is 13.2 Å². The van der Waals surface area contributed by atoms with Crippen LogP contribution >= 0.6 is 0 Å². The molecule has 0 saturated carbocycles. The molecule has 3 atom stereocenters. The molecule has 1 aliphatic carbocycles. The Morgan fingerprint density at radius 3 is 2.36 bits per heavy atom. The number of aryl methyl sites for hydroxylation is 1. The van der Waals surface area contributed by atoms with Gasteiger partial charge in [-0.3, -0.25) is 33.7 Å². The molecule has 0 bridgehead atoms. The number of nitrogens with one attached hydrogen (secondary N) is 1. The van der Waals surface area contributed by atoms with E-state index in [1.165, 1.54) is 25.5 Å². The second-order valence-electron chi connectivity index (χ2n) is 23.4. The summed E-state index contributed by atoms with van der Waals surface area (Å²) in [7, 11) is 1.62. The highest BCUT2D eigenvalue weighted by Gasteiger charge is 2.49. The number of amides is 3. The van der Waals surface area contributed by atoms with Gasteiger partial charge in [-0.1, -0.05) is 36.4 Å². The van der Waals surface area contributed by atoms with E-state index in [1.807, 2.05) is 40.1 Å². The van der Waals surface area contributed by atoms with E-state index < -0.39 is 35.0 Å². The van der Waals surface area contributed by atoms with Crippen molar-refractivity contribution in [2.75, 3.05) is 57.9 Å². The lowest BCUT2D eigenvalue weighted by Crippen LogP contribution is -2.50. The lowest BCUT2D eigenvalue weighted by molar-refractivity contribution is -0.217. The van der Waals surface area contributed by atoms with Gasteiger partial charge in [0.2, 0.25) is 17.7 Å². The molecule has 3 aromatic carbocycles. The molecule has 6 aliphatic rings. The number of rotatable bonds is 12. The quantitative estimate of drug-likeness (QED) is 0.110. The number of likely N-dealkylation sites (tertiary alicyclic amines) is 1. The molecule has 1 unspecified atom stereocenters. The maximum atomic E-state index is 16.2. The maximum absolute atomic E-state index is 16.2. The van der Waals surface area contributed by atoms with Gasteiger partial charge in [0, 0.05) is 75.7 Å². The number of imide groups is 1. The van der Waals surface area contributed by atoms with Crippen molar-refractivity contribution >= 4 is 40.0 Å². The summed E-state index contributed by atoms with van der Waals surface area (Å²) in [5.74, 6) is -0.506. The molecule has 0 radical (unpaired) electrons. The number of piperidine rings is 2. The number of alkyl halides is 3. The minimum Gasteiger partial charge on any atom is -0.497 e. The summed E-state index contributed by atoms with van der Waals surface area (Å²) in [6.07, 6.45) is 5.25. The minimum absolute atomic E-state index is 0.00685. The first-order valence-electron chi connectivity index (χ1n) is 26.4. The second-order valence-corrected chi connectivity index (χ2v) is 23.4. The van der Waals surface area contributed by atoms with E-state index in [-0.39, 0.29) is 53.8 Å². The number of anilines is 1. The number of benzene rings is 3. The molecular formula is C57H70F4N6O6. The number of imidazole rings is 1. The van der Waals surface area contributed by atoms with E-state index in [9.17, 15) is 32.3 Å². The Kier molecular flexibility index (Phi) is 13.5. The number of methoxy groups -OCH3 is 1. The van der Waals surface area contributed by atoms with Gasteiger partial charge in [-0.25, -0.2) is 9.18 Å². The predicted molar refractivity (Wildman–Crippen MR) is 272 cm³/mol. The second kappa shape index (κ2) is 19.3. The molecule has 73 heavy (non-hydrogen) atoms. The van der Waals surface area contributed by atoms with E-state index >= 15 is 4.39 Å². The Bertz CT molecular complexity index is 2880. The fraction of sp³-hybridized carbons (Fsp3) is 0.579. The molecule has 1 spiro atoms. The third-order valence-electron chi connectivity index (χ3n) is 17.6. The summed E-state index contributed by atoms with van der Waals surface area (Å²) in [5, 5.41) is 2.41. The average molecular weight is 1010 g/mol. The number of nitrogens with zero attached hydrogens (tertiary/aromatic N) is 5. The number of hydrogen-bond donors (Lipinski definition) is 1. The standard InChI is InChI=1S/C57H70F4N6O6/c1-53(2,57(59,60)61)35-63(26-24-56(25-31-73-54(3,4)34-56)41-12-14-42(72-5)15-13-41)33-37-6-16-43(44(58)32-37)38-7-9-40(10-8-38)51(70)64-27-22-55(23-28-64)21-20-39-11-17-45-49-48(39)65(36-55)29-30-66(49)52(71)67(45)46-18-19-47(68)62-50(46)69/h6-7,11-17,32,40,46H,8-10,18-31,33-36H2,1-5H3,(H,62,68,69)/t40-,46?,56+/m0/s1. The smallest absolute Gasteiger partial charge is 0.395 e. The highest BCUT2D eigenvalue weighted by molar-refractivity contribution is 6.01. The van der Waals surface area contributed by atoms with Crippen LogP contribution in [0.1, 0.15) is 127 Å². The van der Waals surface area contributed by atoms with Crippen molar-refractivity contribution in [3.63, 3.8) is 0 Å². The van der Waals surface area contributed by atoms with Gasteiger partial charge >= 0.3 is 11.9 Å². The Morgan fingerprint density at radius 2 is 1.68 bits per heavy atom. The molecule has 392 valence electrons. The van der Waals surface area contributed by atoms with Crippen molar-refractivity contribution < 1.29 is 41.4 Å². The molecule has 1 N–H and O–H groups in total. The van der Waals surface area contributed by atoms with Gasteiger partial charge < -0.3 is 19.3 Å². The average Bonchev–Trinajstić information content (AvgIpc) is 3.53. The third kappa shape index (κ3) is 9.87. The van der Waals surface area contributed by atoms with E-state index in [2.05, 4.69) is 42.3 Å². The summed E-state index contributed by atoms with van der Waals surface area (Å²) >= 11 is 0. The number of allylic oxidation sites excluding steroid dienone is 2. The Balaban J connectivity index is 0.783. The summed E-state index contributed by atoms with van der Waals surface area (Å²) in [4.78, 5) is 59.1. The lowest BCUT2D eigenvalue weighted by atomic mass is 9.67. The van der Waals surface area contributed by atoms with Crippen LogP contribution in [0.4, 0.5) is 23.2 Å². The largest absolute Gasteiger partial charge is 0.497 e. The highest BCUT2D eigenvalue weighted by atomic mass is 19.4. The minimum atomic E-state index is -4.44. The van der Waals surface area contributed by atoms with Crippen molar-refractivity contribution in [2.45, 2.75) is 141 Å². The number of carbonyl (C=O) groups is 3. The molecule has 6 heterocycles. The van der Waals surface area contributed by atoms with E-state index in [0.29, 0.717) is 89.0 Å². The van der Waals surface area contributed by atoms with Gasteiger partial charge in [-0.05, 0) is 157 Å². The van der Waals surface area contributed by atoms with Gasteiger partial charge in [0.25, 0.3) is 0 Å². The first kappa shape index (κ1) is 51.0. The lowest BCUT2D eigenvalue weighted by Gasteiger charge is -2.46. The molecule has 3 fully saturated rings. The van der Waals surface area contributed by atoms with E-state index in [1.54, 1.807) is 22.3 Å². The van der Waals surface area contributed by atoms with Gasteiger partial charge in [0.05, 0.1) is 34.8 Å². The maximum Gasteiger partial charge on any atom is 0.395 e. The van der Waals surface area contributed by atoms with Crippen molar-refractivity contribution in [1.29, 1.82) is 0 Å². The number of halogens is 4. The van der Waals surface area contributed by atoms with Crippen molar-refractivity contribution in [2.24, 2.45) is 16.7 Å². The zero-order valence-electron chi connectivity index (χ0n) is 43.0. The molecule has 5 aliphatic heterocycles. The van der Waals surface area contributed by atoms with E-state index in [0.717, 1.165) is 72.3 Å². The van der Waals surface area contributed by atoms with E-state index in [4.69, 9.17) is 9.47 Å². The molecule has 3 saturated heterocycles. The zero-order chi connectivity index (χ0) is 51.7. The summed E-state index contributed by atoms with van der Waals surface area (Å²) in [5.41, 5.74) is 3.85. The van der Waals surface area contributed by atoms with Crippen LogP contribution in [0, 0.1) is 22.6 Å². The van der Waals surface area contributed by atoms with Crippen molar-refractivity contribution in [3.05, 3.63) is 99.2 Å². The van der Waals surface area contributed by atoms with Gasteiger partial charge in [-0.15, -0.1) is 0 Å². The molecule has 16 heteroatoms. The molecule has 4 aromatic rings. The number of aromatic nitrogens is 2. The van der Waals surface area contributed by atoms with Crippen LogP contribution in [0.3, 0.4) is 0 Å². The van der Waals surface area contributed by atoms with Gasteiger partial charge in [0.1, 0.15) is 17.6 Å². The molecular weight excluding hydrogens is 941 g/mol. The van der Waals surface area contributed by atoms with Crippen LogP contribution in [0.15, 0.2) is 65.5 Å². The van der Waals surface area contributed by atoms with Crippen LogP contribution in [0.5, 0.6) is 5.75 Å². The first-order valence-corrected chi connectivity index (χ1v) is 26.4. The Labute approximate surface area is 425 Å². The van der Waals surface area contributed by atoms with Crippen molar-refractivity contribution in [1.82, 2.24) is 24.3 Å². The monoisotopic (exact) mass is 1010 g/mol. The Hall–Kier alpha value is -5.48. The normalized spacial score (nSPS) is 24.2. The summed E-state index contributed by atoms with van der Waals surface area (Å²) in [6, 6.07) is 16.3. The van der Waals surface area contributed by atoms with Crippen LogP contribution in [-0.4, -0.2) is 101 Å². The topological polar surface area (TPSA) is 118 Å². The number of ether oxygens (including phenoxy) is 2. The van der Waals surface area contributed by atoms with Crippen molar-refractivity contribution in [3.8, 4) is 5.75 Å². The molecule has 10 rings (SSSR count). The number of carbonyl (C=O) groups excluding carboxylic acids is 3. The predicted octanol–water partition coefficient (Wildman–Crippen LogP) is 9.49.